The molecule has 0 unspecified atom stereocenters. The van der Waals surface area contributed by atoms with E-state index < -0.39 is 0 Å². The Morgan fingerprint density at radius 3 is 2.52 bits per heavy atom. The van der Waals surface area contributed by atoms with Crippen LogP contribution in [0.3, 0.4) is 0 Å². The highest BCUT2D eigenvalue weighted by atomic mass is 16.6. The van der Waals surface area contributed by atoms with Crippen molar-refractivity contribution in [1.82, 2.24) is 9.80 Å². The average molecular weight is 322 g/mol. The summed E-state index contributed by atoms with van der Waals surface area (Å²) in [6.07, 6.45) is 5.74. The van der Waals surface area contributed by atoms with Gasteiger partial charge >= 0.3 is 5.97 Å². The van der Waals surface area contributed by atoms with Crippen molar-refractivity contribution in [3.8, 4) is 0 Å². The average Bonchev–Trinajstić information content (AvgIpc) is 3.14. The van der Waals surface area contributed by atoms with Gasteiger partial charge in [0.1, 0.15) is 12.2 Å². The maximum absolute atomic E-state index is 12.3. The smallest absolute Gasteiger partial charge is 0.312 e. The Kier molecular flexibility index (Phi) is 4.05. The van der Waals surface area contributed by atoms with E-state index in [1.165, 1.54) is 0 Å². The standard InChI is InChI=1S/C17H26N2O4/c20-15(14-3-1-10-22-14)19-8-6-18(7-9-19)12-13-11-17(4-2-5-17)16(21)23-13/h13-14H,1-12H2/t13-,14-/m0/s1. The lowest BCUT2D eigenvalue weighted by molar-refractivity contribution is -0.152. The van der Waals surface area contributed by atoms with Crippen LogP contribution in [-0.2, 0) is 19.1 Å². The predicted octanol–water partition coefficient (Wildman–Crippen LogP) is 0.795. The Labute approximate surface area is 137 Å². The van der Waals surface area contributed by atoms with Crippen LogP contribution in [0, 0.1) is 5.41 Å². The molecule has 128 valence electrons. The molecule has 2 atom stereocenters. The molecule has 1 aliphatic carbocycles. The van der Waals surface area contributed by atoms with E-state index in [0.29, 0.717) is 6.61 Å². The molecule has 3 saturated heterocycles. The van der Waals surface area contributed by atoms with Crippen LogP contribution < -0.4 is 0 Å². The number of esters is 1. The van der Waals surface area contributed by atoms with Crippen LogP contribution in [0.2, 0.25) is 0 Å². The van der Waals surface area contributed by atoms with Gasteiger partial charge in [0.25, 0.3) is 5.91 Å². The van der Waals surface area contributed by atoms with Crippen molar-refractivity contribution in [1.29, 1.82) is 0 Å². The number of amides is 1. The summed E-state index contributed by atoms with van der Waals surface area (Å²) in [4.78, 5) is 28.6. The number of nitrogens with zero attached hydrogens (tertiary/aromatic N) is 2. The van der Waals surface area contributed by atoms with Crippen molar-refractivity contribution < 1.29 is 19.1 Å². The number of piperazine rings is 1. The minimum absolute atomic E-state index is 0.0287. The van der Waals surface area contributed by atoms with Crippen LogP contribution >= 0.6 is 0 Å². The minimum atomic E-state index is -0.212. The summed E-state index contributed by atoms with van der Waals surface area (Å²) in [6.45, 7) is 4.76. The van der Waals surface area contributed by atoms with Crippen LogP contribution in [0.15, 0.2) is 0 Å². The van der Waals surface area contributed by atoms with Gasteiger partial charge in [-0.25, -0.2) is 0 Å². The number of rotatable bonds is 3. The molecule has 4 aliphatic rings. The predicted molar refractivity (Wildman–Crippen MR) is 82.8 cm³/mol. The van der Waals surface area contributed by atoms with Crippen molar-refractivity contribution >= 4 is 11.9 Å². The van der Waals surface area contributed by atoms with Crippen LogP contribution in [0.25, 0.3) is 0 Å². The molecule has 1 amide bonds. The second-order valence-corrected chi connectivity index (χ2v) is 7.49. The van der Waals surface area contributed by atoms with Crippen LogP contribution in [0.1, 0.15) is 38.5 Å². The molecule has 1 spiro atoms. The third-order valence-electron chi connectivity index (χ3n) is 5.99. The summed E-state index contributed by atoms with van der Waals surface area (Å²) in [5.41, 5.74) is -0.137. The van der Waals surface area contributed by atoms with E-state index in [2.05, 4.69) is 4.90 Å². The lowest BCUT2D eigenvalue weighted by atomic mass is 9.67. The number of hydrogen-bond acceptors (Lipinski definition) is 5. The van der Waals surface area contributed by atoms with Crippen LogP contribution in [0.4, 0.5) is 0 Å². The number of ether oxygens (including phenoxy) is 2. The normalized spacial score (nSPS) is 33.7. The summed E-state index contributed by atoms with van der Waals surface area (Å²) in [6, 6.07) is 0. The molecule has 0 radical (unpaired) electrons. The Bertz CT molecular complexity index is 477. The number of carbonyl (C=O) groups is 2. The lowest BCUT2D eigenvalue weighted by Gasteiger charge is -2.37. The second-order valence-electron chi connectivity index (χ2n) is 7.49. The first kappa shape index (κ1) is 15.4. The van der Waals surface area contributed by atoms with E-state index in [0.717, 1.165) is 71.2 Å². The number of hydrogen-bond donors (Lipinski definition) is 0. The first-order valence-electron chi connectivity index (χ1n) is 9.00. The first-order valence-corrected chi connectivity index (χ1v) is 9.00. The van der Waals surface area contributed by atoms with Crippen molar-refractivity contribution in [3.63, 3.8) is 0 Å². The van der Waals surface area contributed by atoms with E-state index in [1.807, 2.05) is 4.90 Å². The molecule has 4 rings (SSSR count). The maximum Gasteiger partial charge on any atom is 0.312 e. The molecule has 0 aromatic rings. The van der Waals surface area contributed by atoms with Gasteiger partial charge in [0.2, 0.25) is 0 Å². The third kappa shape index (κ3) is 2.87. The quantitative estimate of drug-likeness (QED) is 0.719. The van der Waals surface area contributed by atoms with Crippen molar-refractivity contribution in [2.45, 2.75) is 50.7 Å². The van der Waals surface area contributed by atoms with Gasteiger partial charge in [-0.05, 0) is 25.7 Å². The summed E-state index contributed by atoms with van der Waals surface area (Å²) in [5.74, 6) is 0.184. The van der Waals surface area contributed by atoms with Gasteiger partial charge in [-0.3, -0.25) is 14.5 Å². The Balaban J connectivity index is 1.24. The van der Waals surface area contributed by atoms with Crippen molar-refractivity contribution in [2.24, 2.45) is 5.41 Å². The van der Waals surface area contributed by atoms with E-state index in [9.17, 15) is 9.59 Å². The molecule has 0 aromatic carbocycles. The number of carbonyl (C=O) groups excluding carboxylic acids is 2. The molecular weight excluding hydrogens is 296 g/mol. The van der Waals surface area contributed by atoms with Gasteiger partial charge in [0.15, 0.2) is 0 Å². The van der Waals surface area contributed by atoms with Crippen molar-refractivity contribution in [3.05, 3.63) is 0 Å². The largest absolute Gasteiger partial charge is 0.461 e. The maximum atomic E-state index is 12.3. The summed E-state index contributed by atoms with van der Waals surface area (Å²) < 4.78 is 11.1. The van der Waals surface area contributed by atoms with Gasteiger partial charge in [0.05, 0.1) is 5.41 Å². The topological polar surface area (TPSA) is 59.1 Å². The highest BCUT2D eigenvalue weighted by Crippen LogP contribution is 2.50. The van der Waals surface area contributed by atoms with Crippen molar-refractivity contribution in [2.75, 3.05) is 39.3 Å². The Morgan fingerprint density at radius 2 is 1.96 bits per heavy atom. The minimum Gasteiger partial charge on any atom is -0.461 e. The molecule has 1 saturated carbocycles. The zero-order valence-corrected chi connectivity index (χ0v) is 13.7. The summed E-state index contributed by atoms with van der Waals surface area (Å²) in [7, 11) is 0. The molecule has 0 N–H and O–H groups in total. The van der Waals surface area contributed by atoms with Gasteiger partial charge in [0, 0.05) is 45.8 Å². The van der Waals surface area contributed by atoms with E-state index in [4.69, 9.17) is 9.47 Å². The fraction of sp³-hybridized carbons (Fsp3) is 0.882. The molecule has 3 heterocycles. The highest BCUT2D eigenvalue weighted by Gasteiger charge is 2.53. The number of cyclic esters (lactones) is 1. The van der Waals surface area contributed by atoms with Gasteiger partial charge in [-0.2, -0.15) is 0 Å². The monoisotopic (exact) mass is 322 g/mol. The van der Waals surface area contributed by atoms with Crippen LogP contribution in [0.5, 0.6) is 0 Å². The van der Waals surface area contributed by atoms with E-state index in [-0.39, 0.29) is 29.5 Å². The fourth-order valence-electron chi connectivity index (χ4n) is 4.37. The highest BCUT2D eigenvalue weighted by molar-refractivity contribution is 5.81. The zero-order valence-electron chi connectivity index (χ0n) is 13.7. The summed E-state index contributed by atoms with van der Waals surface area (Å²) in [5, 5.41) is 0. The van der Waals surface area contributed by atoms with Gasteiger partial charge in [-0.1, -0.05) is 6.42 Å². The lowest BCUT2D eigenvalue weighted by Crippen LogP contribution is -2.52. The molecule has 23 heavy (non-hydrogen) atoms. The molecule has 0 bridgehead atoms. The van der Waals surface area contributed by atoms with Gasteiger partial charge in [-0.15, -0.1) is 0 Å². The van der Waals surface area contributed by atoms with E-state index in [1.54, 1.807) is 0 Å². The molecule has 3 aliphatic heterocycles. The molecule has 0 aromatic heterocycles. The fourth-order valence-corrected chi connectivity index (χ4v) is 4.37. The van der Waals surface area contributed by atoms with Crippen LogP contribution in [-0.4, -0.2) is 73.2 Å². The van der Waals surface area contributed by atoms with E-state index >= 15 is 0 Å². The second kappa shape index (κ2) is 6.06. The Morgan fingerprint density at radius 1 is 1.17 bits per heavy atom. The molecule has 6 heteroatoms. The molecule has 6 nitrogen and oxygen atoms in total. The SMILES string of the molecule is O=C([C@@H]1CCCO1)N1CCN(C[C@@H]2CC3(CCC3)C(=O)O2)CC1. The molecular formula is C17H26N2O4. The summed E-state index contributed by atoms with van der Waals surface area (Å²) >= 11 is 0. The zero-order chi connectivity index (χ0) is 15.9. The molecule has 4 fully saturated rings. The Hall–Kier alpha value is -1.14. The van der Waals surface area contributed by atoms with Gasteiger partial charge < -0.3 is 14.4 Å². The third-order valence-corrected chi connectivity index (χ3v) is 5.99. The first-order chi connectivity index (χ1) is 11.2.